The SMILES string of the molecule is COCC#CCCCCOc1ccccc1N(CC#Cc1ccccc1)CC#Cc1ccccc1. The summed E-state index contributed by atoms with van der Waals surface area (Å²) in [6.07, 6.45) is 2.79. The fourth-order valence-corrected chi connectivity index (χ4v) is 3.29. The normalized spacial score (nSPS) is 9.51. The third-order valence-electron chi connectivity index (χ3n) is 5.05. The van der Waals surface area contributed by atoms with E-state index >= 15 is 0 Å². The van der Waals surface area contributed by atoms with E-state index in [1.165, 1.54) is 0 Å². The number of para-hydroxylation sites is 2. The number of hydrogen-bond donors (Lipinski definition) is 0. The molecule has 0 aliphatic rings. The molecule has 0 atom stereocenters. The van der Waals surface area contributed by atoms with Gasteiger partial charge < -0.3 is 14.4 Å². The Bertz CT molecular complexity index is 1140. The summed E-state index contributed by atoms with van der Waals surface area (Å²) in [6.45, 7) is 2.23. The molecule has 0 bridgehead atoms. The minimum atomic E-state index is 0.486. The van der Waals surface area contributed by atoms with Crippen LogP contribution in [0, 0.1) is 35.5 Å². The molecule has 0 aliphatic carbocycles. The summed E-state index contributed by atoms with van der Waals surface area (Å²) >= 11 is 0. The van der Waals surface area contributed by atoms with E-state index in [2.05, 4.69) is 46.5 Å². The zero-order valence-corrected chi connectivity index (χ0v) is 20.3. The summed E-state index contributed by atoms with van der Waals surface area (Å²) in [6, 6.07) is 28.2. The predicted octanol–water partition coefficient (Wildman–Crippen LogP) is 5.80. The molecule has 3 aromatic rings. The van der Waals surface area contributed by atoms with E-state index in [1.807, 2.05) is 78.9 Å². The molecule has 3 heteroatoms. The van der Waals surface area contributed by atoms with Crippen molar-refractivity contribution in [2.45, 2.75) is 19.3 Å². The third kappa shape index (κ3) is 9.73. The van der Waals surface area contributed by atoms with Crippen LogP contribution in [0.25, 0.3) is 0 Å². The second-order valence-electron chi connectivity index (χ2n) is 7.75. The lowest BCUT2D eigenvalue weighted by Gasteiger charge is -2.23. The average Bonchev–Trinajstić information content (AvgIpc) is 2.91. The van der Waals surface area contributed by atoms with Crippen LogP contribution in [0.5, 0.6) is 5.75 Å². The Morgan fingerprint density at radius 1 is 0.657 bits per heavy atom. The van der Waals surface area contributed by atoms with Gasteiger partial charge in [0.25, 0.3) is 0 Å². The summed E-state index contributed by atoms with van der Waals surface area (Å²) < 4.78 is 11.1. The summed E-state index contributed by atoms with van der Waals surface area (Å²) in [5, 5.41) is 0. The first kappa shape index (κ1) is 25.5. The molecule has 0 fully saturated rings. The van der Waals surface area contributed by atoms with Crippen LogP contribution in [0.15, 0.2) is 84.9 Å². The minimum absolute atomic E-state index is 0.486. The number of hydrogen-bond acceptors (Lipinski definition) is 3. The summed E-state index contributed by atoms with van der Waals surface area (Å²) in [5.41, 5.74) is 3.00. The average molecular weight is 462 g/mol. The second-order valence-corrected chi connectivity index (χ2v) is 7.75. The van der Waals surface area contributed by atoms with Crippen molar-refractivity contribution in [3.05, 3.63) is 96.1 Å². The van der Waals surface area contributed by atoms with Crippen LogP contribution in [0.4, 0.5) is 5.69 Å². The van der Waals surface area contributed by atoms with E-state index in [0.717, 1.165) is 41.8 Å². The fourth-order valence-electron chi connectivity index (χ4n) is 3.29. The number of nitrogens with zero attached hydrogens (tertiary/aromatic N) is 1. The van der Waals surface area contributed by atoms with Crippen molar-refractivity contribution in [2.75, 3.05) is 38.3 Å². The lowest BCUT2D eigenvalue weighted by atomic mass is 10.2. The van der Waals surface area contributed by atoms with Gasteiger partial charge in [0.1, 0.15) is 12.4 Å². The molecule has 35 heavy (non-hydrogen) atoms. The van der Waals surface area contributed by atoms with E-state index in [1.54, 1.807) is 7.11 Å². The molecule has 0 heterocycles. The van der Waals surface area contributed by atoms with E-state index in [-0.39, 0.29) is 0 Å². The molecule has 3 aromatic carbocycles. The van der Waals surface area contributed by atoms with E-state index in [4.69, 9.17) is 9.47 Å². The van der Waals surface area contributed by atoms with Crippen molar-refractivity contribution >= 4 is 5.69 Å². The highest BCUT2D eigenvalue weighted by atomic mass is 16.5. The highest BCUT2D eigenvalue weighted by molar-refractivity contribution is 5.60. The van der Waals surface area contributed by atoms with Crippen LogP contribution < -0.4 is 9.64 Å². The molecule has 3 rings (SSSR count). The van der Waals surface area contributed by atoms with Crippen molar-refractivity contribution < 1.29 is 9.47 Å². The van der Waals surface area contributed by atoms with Gasteiger partial charge in [0.15, 0.2) is 0 Å². The Morgan fingerprint density at radius 3 is 1.89 bits per heavy atom. The molecule has 0 saturated carbocycles. The molecule has 0 aromatic heterocycles. The molecular formula is C32H31NO2. The molecule has 3 nitrogen and oxygen atoms in total. The number of unbranched alkanes of at least 4 members (excludes halogenated alkanes) is 2. The largest absolute Gasteiger partial charge is 0.491 e. The van der Waals surface area contributed by atoms with Crippen LogP contribution in [0.3, 0.4) is 0 Å². The first-order valence-electron chi connectivity index (χ1n) is 11.9. The Morgan fingerprint density at radius 2 is 1.26 bits per heavy atom. The van der Waals surface area contributed by atoms with Gasteiger partial charge in [-0.05, 0) is 49.2 Å². The molecule has 0 spiro atoms. The molecule has 0 aliphatic heterocycles. The van der Waals surface area contributed by atoms with Gasteiger partial charge >= 0.3 is 0 Å². The highest BCUT2D eigenvalue weighted by Crippen LogP contribution is 2.28. The molecule has 0 radical (unpaired) electrons. The molecule has 0 unspecified atom stereocenters. The quantitative estimate of drug-likeness (QED) is 0.297. The molecule has 0 N–H and O–H groups in total. The van der Waals surface area contributed by atoms with Gasteiger partial charge in [0.2, 0.25) is 0 Å². The monoisotopic (exact) mass is 461 g/mol. The van der Waals surface area contributed by atoms with Crippen molar-refractivity contribution in [2.24, 2.45) is 0 Å². The van der Waals surface area contributed by atoms with E-state index in [0.29, 0.717) is 26.3 Å². The van der Waals surface area contributed by atoms with E-state index < -0.39 is 0 Å². The topological polar surface area (TPSA) is 21.7 Å². The van der Waals surface area contributed by atoms with Gasteiger partial charge in [-0.3, -0.25) is 0 Å². The van der Waals surface area contributed by atoms with Crippen LogP contribution in [-0.2, 0) is 4.74 Å². The maximum atomic E-state index is 6.16. The van der Waals surface area contributed by atoms with Crippen molar-refractivity contribution in [3.8, 4) is 41.3 Å². The summed E-state index contributed by atoms with van der Waals surface area (Å²) in [4.78, 5) is 2.16. The highest BCUT2D eigenvalue weighted by Gasteiger charge is 2.10. The van der Waals surface area contributed by atoms with Gasteiger partial charge in [-0.1, -0.05) is 78.1 Å². The molecule has 176 valence electrons. The van der Waals surface area contributed by atoms with Crippen molar-refractivity contribution in [1.29, 1.82) is 0 Å². The zero-order valence-electron chi connectivity index (χ0n) is 20.3. The third-order valence-corrected chi connectivity index (χ3v) is 5.05. The van der Waals surface area contributed by atoms with Crippen LogP contribution in [0.2, 0.25) is 0 Å². The van der Waals surface area contributed by atoms with Crippen LogP contribution in [0.1, 0.15) is 30.4 Å². The standard InChI is InChI=1S/C32H31NO2/c1-34-27-13-3-2-4-14-28-35-32-24-12-11-23-31(32)33(25-15-21-29-17-7-5-8-18-29)26-16-22-30-19-9-6-10-20-30/h5-12,17-20,23-24H,2,4,14,25-28H2,1H3. The first-order valence-corrected chi connectivity index (χ1v) is 11.9. The van der Waals surface area contributed by atoms with Crippen molar-refractivity contribution in [1.82, 2.24) is 0 Å². The van der Waals surface area contributed by atoms with Crippen molar-refractivity contribution in [3.63, 3.8) is 0 Å². The van der Waals surface area contributed by atoms with Gasteiger partial charge in [0, 0.05) is 24.7 Å². The van der Waals surface area contributed by atoms with Crippen LogP contribution in [-0.4, -0.2) is 33.4 Å². The maximum Gasteiger partial charge on any atom is 0.142 e. The van der Waals surface area contributed by atoms with Crippen LogP contribution >= 0.6 is 0 Å². The number of ether oxygens (including phenoxy) is 2. The second kappa shape index (κ2) is 15.7. The Labute approximate surface area is 210 Å². The Kier molecular flexibility index (Phi) is 11.4. The maximum absolute atomic E-state index is 6.16. The minimum Gasteiger partial charge on any atom is -0.491 e. The molecular weight excluding hydrogens is 430 g/mol. The van der Waals surface area contributed by atoms with Gasteiger partial charge in [-0.15, -0.1) is 5.92 Å². The predicted molar refractivity (Wildman–Crippen MR) is 144 cm³/mol. The van der Waals surface area contributed by atoms with E-state index in [9.17, 15) is 0 Å². The van der Waals surface area contributed by atoms with Gasteiger partial charge in [-0.2, -0.15) is 0 Å². The zero-order chi connectivity index (χ0) is 24.4. The number of anilines is 1. The van der Waals surface area contributed by atoms with Gasteiger partial charge in [-0.25, -0.2) is 0 Å². The van der Waals surface area contributed by atoms with Gasteiger partial charge in [0.05, 0.1) is 25.4 Å². The molecule has 0 amide bonds. The Balaban J connectivity index is 1.68. The smallest absolute Gasteiger partial charge is 0.142 e. The lowest BCUT2D eigenvalue weighted by molar-refractivity contribution is 0.239. The number of benzene rings is 3. The summed E-state index contributed by atoms with van der Waals surface area (Å²) in [7, 11) is 1.66. The number of methoxy groups -OCH3 is 1. The Hall–Kier alpha value is -4.10. The first-order chi connectivity index (χ1) is 17.4. The molecule has 0 saturated heterocycles. The lowest BCUT2D eigenvalue weighted by Crippen LogP contribution is -2.24. The number of rotatable bonds is 9. The fraction of sp³-hybridized carbons (Fsp3) is 0.250. The summed E-state index contributed by atoms with van der Waals surface area (Å²) in [5.74, 6) is 20.1.